The van der Waals surface area contributed by atoms with Crippen LogP contribution in [0.15, 0.2) is 6.33 Å². The van der Waals surface area contributed by atoms with Crippen molar-refractivity contribution >= 4 is 0 Å². The van der Waals surface area contributed by atoms with E-state index in [0.29, 0.717) is 23.9 Å². The van der Waals surface area contributed by atoms with Gasteiger partial charge in [-0.15, -0.1) is 0 Å². The van der Waals surface area contributed by atoms with Gasteiger partial charge in [0.2, 0.25) is 5.88 Å². The molecule has 1 saturated heterocycles. The fourth-order valence-corrected chi connectivity index (χ4v) is 4.24. The zero-order valence-corrected chi connectivity index (χ0v) is 13.5. The Hall–Kier alpha value is -1.95. The van der Waals surface area contributed by atoms with Gasteiger partial charge in [-0.3, -0.25) is 4.68 Å². The molecule has 23 heavy (non-hydrogen) atoms. The van der Waals surface area contributed by atoms with Gasteiger partial charge >= 0.3 is 0 Å². The summed E-state index contributed by atoms with van der Waals surface area (Å²) in [5.74, 6) is 1.19. The molecule has 2 fully saturated rings. The number of rotatable bonds is 3. The highest BCUT2D eigenvalue weighted by atomic mass is 16.5. The molecular weight excluding hydrogens is 290 g/mol. The van der Waals surface area contributed by atoms with Crippen LogP contribution in [0.25, 0.3) is 11.3 Å². The summed E-state index contributed by atoms with van der Waals surface area (Å²) >= 11 is 0. The molecule has 2 atom stereocenters. The van der Waals surface area contributed by atoms with Crippen molar-refractivity contribution in [2.24, 2.45) is 7.05 Å². The number of ether oxygens (including phenoxy) is 1. The van der Waals surface area contributed by atoms with Gasteiger partial charge in [0.05, 0.1) is 18.4 Å². The summed E-state index contributed by atoms with van der Waals surface area (Å²) in [6.45, 7) is 0. The Morgan fingerprint density at radius 3 is 2.87 bits per heavy atom. The van der Waals surface area contributed by atoms with E-state index in [2.05, 4.69) is 27.0 Å². The predicted octanol–water partition coefficient (Wildman–Crippen LogP) is 2.11. The number of hydrogen-bond donors (Lipinski definition) is 1. The normalized spacial score (nSPS) is 25.5. The number of nitrogens with zero attached hydrogens (tertiary/aromatic N) is 4. The van der Waals surface area contributed by atoms with Gasteiger partial charge in [0, 0.05) is 42.7 Å². The Balaban J connectivity index is 1.75. The highest BCUT2D eigenvalue weighted by molar-refractivity contribution is 5.73. The van der Waals surface area contributed by atoms with E-state index in [0.717, 1.165) is 23.4 Å². The molecule has 1 saturated carbocycles. The minimum atomic E-state index is 0.407. The van der Waals surface area contributed by atoms with Crippen molar-refractivity contribution in [3.8, 4) is 17.1 Å². The summed E-state index contributed by atoms with van der Waals surface area (Å²) in [6.07, 6.45) is 7.51. The maximum absolute atomic E-state index is 5.58. The molecule has 0 spiro atoms. The van der Waals surface area contributed by atoms with Crippen LogP contribution in [0.4, 0.5) is 0 Å². The third-order valence-electron chi connectivity index (χ3n) is 5.47. The molecular formula is C17H21N5O. The topological polar surface area (TPSA) is 64.9 Å². The van der Waals surface area contributed by atoms with Crippen LogP contribution in [0.5, 0.6) is 5.88 Å². The Bertz CT molecular complexity index is 780. The lowest BCUT2D eigenvalue weighted by Gasteiger charge is -2.23. The van der Waals surface area contributed by atoms with Gasteiger partial charge in [0.1, 0.15) is 12.0 Å². The molecule has 6 nitrogen and oxygen atoms in total. The molecule has 0 radical (unpaired) electrons. The molecule has 0 amide bonds. The SMILES string of the molecule is COc1ncnc(C2CC2)c1-c1nn(C)c2c1C1CCC(C2)N1. The monoisotopic (exact) mass is 311 g/mol. The standard InChI is InChI=1S/C17H21N5O/c1-22-12-7-10-5-6-11(20-10)13(12)16(21-22)14-15(9-3-4-9)18-8-19-17(14)23-2/h8-11,20H,3-7H2,1-2H3. The number of aryl methyl sites for hydroxylation is 1. The van der Waals surface area contributed by atoms with E-state index in [1.54, 1.807) is 13.4 Å². The number of methoxy groups -OCH3 is 1. The van der Waals surface area contributed by atoms with Gasteiger partial charge in [0.15, 0.2) is 0 Å². The zero-order valence-electron chi connectivity index (χ0n) is 13.5. The summed E-state index contributed by atoms with van der Waals surface area (Å²) in [4.78, 5) is 8.95. The van der Waals surface area contributed by atoms with Crippen molar-refractivity contribution in [2.75, 3.05) is 7.11 Å². The maximum Gasteiger partial charge on any atom is 0.226 e. The van der Waals surface area contributed by atoms with E-state index in [1.165, 1.54) is 36.9 Å². The van der Waals surface area contributed by atoms with Crippen molar-refractivity contribution in [3.63, 3.8) is 0 Å². The molecule has 3 aliphatic rings. The maximum atomic E-state index is 5.58. The molecule has 2 aromatic rings. The van der Waals surface area contributed by atoms with Gasteiger partial charge in [-0.2, -0.15) is 5.10 Å². The Kier molecular flexibility index (Phi) is 2.80. The first kappa shape index (κ1) is 13.5. The van der Waals surface area contributed by atoms with Crippen LogP contribution < -0.4 is 10.1 Å². The molecule has 1 aliphatic carbocycles. The van der Waals surface area contributed by atoms with Crippen molar-refractivity contribution in [3.05, 3.63) is 23.3 Å². The summed E-state index contributed by atoms with van der Waals surface area (Å²) < 4.78 is 7.63. The van der Waals surface area contributed by atoms with E-state index in [1.807, 2.05) is 0 Å². The molecule has 2 unspecified atom stereocenters. The fraction of sp³-hybridized carbons (Fsp3) is 0.588. The number of hydrogen-bond acceptors (Lipinski definition) is 5. The van der Waals surface area contributed by atoms with Crippen LogP contribution in [0, 0.1) is 0 Å². The third kappa shape index (κ3) is 1.94. The molecule has 2 aliphatic heterocycles. The van der Waals surface area contributed by atoms with Crippen molar-refractivity contribution in [2.45, 2.75) is 50.1 Å². The zero-order chi connectivity index (χ0) is 15.6. The van der Waals surface area contributed by atoms with Gasteiger partial charge in [-0.25, -0.2) is 9.97 Å². The fourth-order valence-electron chi connectivity index (χ4n) is 4.24. The van der Waals surface area contributed by atoms with Crippen molar-refractivity contribution < 1.29 is 4.74 Å². The van der Waals surface area contributed by atoms with E-state index in [-0.39, 0.29) is 0 Å². The van der Waals surface area contributed by atoms with Crippen LogP contribution >= 0.6 is 0 Å². The molecule has 4 heterocycles. The van der Waals surface area contributed by atoms with E-state index in [9.17, 15) is 0 Å². The summed E-state index contributed by atoms with van der Waals surface area (Å²) in [5.41, 5.74) is 5.86. The van der Waals surface area contributed by atoms with Gasteiger partial charge in [-0.05, 0) is 25.7 Å². The summed E-state index contributed by atoms with van der Waals surface area (Å²) in [6, 6.07) is 1.01. The van der Waals surface area contributed by atoms with E-state index >= 15 is 0 Å². The molecule has 120 valence electrons. The summed E-state index contributed by atoms with van der Waals surface area (Å²) in [7, 11) is 3.74. The first-order valence-electron chi connectivity index (χ1n) is 8.47. The average molecular weight is 311 g/mol. The minimum absolute atomic E-state index is 0.407. The van der Waals surface area contributed by atoms with Crippen LogP contribution in [0.2, 0.25) is 0 Å². The summed E-state index contributed by atoms with van der Waals surface area (Å²) in [5, 5.41) is 8.61. The Labute approximate surface area is 135 Å². The van der Waals surface area contributed by atoms with E-state index < -0.39 is 0 Å². The molecule has 2 bridgehead atoms. The van der Waals surface area contributed by atoms with E-state index in [4.69, 9.17) is 9.84 Å². The quantitative estimate of drug-likeness (QED) is 0.940. The smallest absolute Gasteiger partial charge is 0.226 e. The van der Waals surface area contributed by atoms with Crippen molar-refractivity contribution in [1.82, 2.24) is 25.1 Å². The Morgan fingerprint density at radius 2 is 2.09 bits per heavy atom. The number of aromatic nitrogens is 4. The second-order valence-corrected chi connectivity index (χ2v) is 6.95. The molecule has 2 aromatic heterocycles. The van der Waals surface area contributed by atoms with Crippen LogP contribution in [-0.4, -0.2) is 32.9 Å². The van der Waals surface area contributed by atoms with Gasteiger partial charge < -0.3 is 10.1 Å². The third-order valence-corrected chi connectivity index (χ3v) is 5.47. The molecule has 5 rings (SSSR count). The highest BCUT2D eigenvalue weighted by Crippen LogP contribution is 2.48. The van der Waals surface area contributed by atoms with Crippen molar-refractivity contribution in [1.29, 1.82) is 0 Å². The lowest BCUT2D eigenvalue weighted by molar-refractivity contribution is 0.397. The first-order chi connectivity index (χ1) is 11.3. The lowest BCUT2D eigenvalue weighted by Crippen LogP contribution is -2.32. The second kappa shape index (κ2) is 4.77. The number of nitrogens with one attached hydrogen (secondary N) is 1. The van der Waals surface area contributed by atoms with Gasteiger partial charge in [-0.1, -0.05) is 0 Å². The molecule has 6 heteroatoms. The molecule has 1 N–H and O–H groups in total. The van der Waals surface area contributed by atoms with Crippen LogP contribution in [-0.2, 0) is 13.5 Å². The molecule has 0 aromatic carbocycles. The second-order valence-electron chi connectivity index (χ2n) is 6.95. The highest BCUT2D eigenvalue weighted by Gasteiger charge is 2.39. The predicted molar refractivity (Wildman–Crippen MR) is 85.4 cm³/mol. The number of fused-ring (bicyclic) bond motifs is 4. The van der Waals surface area contributed by atoms with Gasteiger partial charge in [0.25, 0.3) is 0 Å². The first-order valence-corrected chi connectivity index (χ1v) is 8.47. The minimum Gasteiger partial charge on any atom is -0.480 e. The lowest BCUT2D eigenvalue weighted by atomic mass is 9.95. The van der Waals surface area contributed by atoms with Crippen LogP contribution in [0.1, 0.15) is 54.6 Å². The van der Waals surface area contributed by atoms with Crippen LogP contribution in [0.3, 0.4) is 0 Å². The average Bonchev–Trinajstić information content (AvgIpc) is 3.28. The Morgan fingerprint density at radius 1 is 1.22 bits per heavy atom. The largest absolute Gasteiger partial charge is 0.480 e.